The topological polar surface area (TPSA) is 107 Å². The molecule has 206 valence electrons. The van der Waals surface area contributed by atoms with Gasteiger partial charge in [-0.05, 0) is 29.3 Å². The maximum absolute atomic E-state index is 14.7. The summed E-state index contributed by atoms with van der Waals surface area (Å²) in [6.07, 6.45) is 3.74. The van der Waals surface area contributed by atoms with E-state index >= 15 is 0 Å². The molecule has 4 aromatic rings. The van der Waals surface area contributed by atoms with Crippen molar-refractivity contribution in [3.05, 3.63) is 141 Å². The van der Waals surface area contributed by atoms with Crippen LogP contribution in [0.2, 0.25) is 0 Å². The lowest BCUT2D eigenvalue weighted by Crippen LogP contribution is -2.48. The van der Waals surface area contributed by atoms with Gasteiger partial charge in [0.1, 0.15) is 17.2 Å². The van der Waals surface area contributed by atoms with E-state index in [2.05, 4.69) is 0 Å². The minimum absolute atomic E-state index is 0.128. The van der Waals surface area contributed by atoms with E-state index in [4.69, 9.17) is 4.74 Å². The Labute approximate surface area is 241 Å². The summed E-state index contributed by atoms with van der Waals surface area (Å²) in [6.45, 7) is 0. The fraction of sp³-hybridized carbons (Fsp3) is 0.147. The number of anilines is 1. The number of ketones is 3. The molecule has 2 heterocycles. The van der Waals surface area contributed by atoms with Crippen LogP contribution in [-0.2, 0) is 0 Å². The van der Waals surface area contributed by atoms with Gasteiger partial charge in [0.25, 0.3) is 5.69 Å². The van der Waals surface area contributed by atoms with Crippen molar-refractivity contribution in [3.63, 3.8) is 0 Å². The van der Waals surface area contributed by atoms with Crippen LogP contribution in [0.15, 0.2) is 103 Å². The standard InChI is InChI=1S/C34H24N2O6/c1-42-24-9-6-8-22(19-24)31(37)30-29(21-13-16-23(17-14-21)36(40)41)34(32(38)25-10-3-4-11-26(25)33(34)39)28-18-15-20-7-2-5-12-27(20)35(28)30/h2-19,28-30H,1H3/t28-,29-,30+/m0/s1. The van der Waals surface area contributed by atoms with E-state index < -0.39 is 28.3 Å². The third-order valence-corrected chi connectivity index (χ3v) is 8.80. The van der Waals surface area contributed by atoms with Crippen LogP contribution >= 0.6 is 0 Å². The first kappa shape index (κ1) is 25.6. The number of nitrogens with zero attached hydrogens (tertiary/aromatic N) is 2. The molecule has 3 atom stereocenters. The van der Waals surface area contributed by atoms with Crippen LogP contribution in [0.1, 0.15) is 48.1 Å². The average Bonchev–Trinajstić information content (AvgIpc) is 3.47. The van der Waals surface area contributed by atoms with Crippen LogP contribution in [0, 0.1) is 15.5 Å². The van der Waals surface area contributed by atoms with Gasteiger partial charge in [-0.15, -0.1) is 0 Å². The van der Waals surface area contributed by atoms with Crippen LogP contribution in [0.25, 0.3) is 6.08 Å². The second-order valence-electron chi connectivity index (χ2n) is 10.7. The lowest BCUT2D eigenvalue weighted by Gasteiger charge is -2.37. The van der Waals surface area contributed by atoms with Crippen molar-refractivity contribution >= 4 is 34.8 Å². The minimum atomic E-state index is -1.68. The number of hydrogen-bond acceptors (Lipinski definition) is 7. The van der Waals surface area contributed by atoms with Gasteiger partial charge in [0.15, 0.2) is 17.3 Å². The van der Waals surface area contributed by atoms with E-state index in [0.717, 1.165) is 11.3 Å². The normalized spacial score (nSPS) is 21.2. The Hall–Kier alpha value is -5.37. The summed E-state index contributed by atoms with van der Waals surface area (Å²) in [5, 5.41) is 11.5. The Balaban J connectivity index is 1.53. The average molecular weight is 557 g/mol. The molecule has 0 amide bonds. The summed E-state index contributed by atoms with van der Waals surface area (Å²) in [6, 6.07) is 25.2. The molecule has 0 unspecified atom stereocenters. The fourth-order valence-corrected chi connectivity index (χ4v) is 7.04. The summed E-state index contributed by atoms with van der Waals surface area (Å²) in [5.41, 5.74) is 1.27. The van der Waals surface area contributed by atoms with E-state index in [1.54, 1.807) is 60.7 Å². The Morgan fingerprint density at radius 1 is 0.881 bits per heavy atom. The molecule has 1 spiro atoms. The second-order valence-corrected chi connectivity index (χ2v) is 10.7. The monoisotopic (exact) mass is 556 g/mol. The predicted octanol–water partition coefficient (Wildman–Crippen LogP) is 5.92. The second kappa shape index (κ2) is 9.34. The molecule has 7 rings (SSSR count). The van der Waals surface area contributed by atoms with Crippen LogP contribution < -0.4 is 9.64 Å². The number of benzene rings is 4. The van der Waals surface area contributed by atoms with Crippen LogP contribution in [0.4, 0.5) is 11.4 Å². The van der Waals surface area contributed by atoms with Gasteiger partial charge in [0.2, 0.25) is 0 Å². The van der Waals surface area contributed by atoms with Crippen LogP contribution in [-0.4, -0.2) is 41.5 Å². The van der Waals surface area contributed by atoms with Crippen molar-refractivity contribution in [2.45, 2.75) is 18.0 Å². The highest BCUT2D eigenvalue weighted by Crippen LogP contribution is 2.61. The molecule has 0 saturated carbocycles. The van der Waals surface area contributed by atoms with Crippen LogP contribution in [0.3, 0.4) is 0 Å². The first-order valence-electron chi connectivity index (χ1n) is 13.5. The molecule has 1 fully saturated rings. The maximum Gasteiger partial charge on any atom is 0.269 e. The van der Waals surface area contributed by atoms with E-state index in [-0.39, 0.29) is 23.0 Å². The molecule has 8 heteroatoms. The van der Waals surface area contributed by atoms with Crippen molar-refractivity contribution in [2.75, 3.05) is 12.0 Å². The van der Waals surface area contributed by atoms with Crippen molar-refractivity contribution in [2.24, 2.45) is 5.41 Å². The quantitative estimate of drug-likeness (QED) is 0.130. The fourth-order valence-electron chi connectivity index (χ4n) is 7.04. The highest BCUT2D eigenvalue weighted by molar-refractivity contribution is 6.32. The van der Waals surface area contributed by atoms with Crippen LogP contribution in [0.5, 0.6) is 5.75 Å². The number of para-hydroxylation sites is 1. The zero-order valence-electron chi connectivity index (χ0n) is 22.5. The number of carbonyl (C=O) groups is 3. The number of fused-ring (bicyclic) bond motifs is 5. The van der Waals surface area contributed by atoms with Gasteiger partial charge >= 0.3 is 0 Å². The molecular weight excluding hydrogens is 532 g/mol. The number of hydrogen-bond donors (Lipinski definition) is 0. The van der Waals surface area contributed by atoms with E-state index in [1.807, 2.05) is 41.3 Å². The number of rotatable bonds is 5. The first-order chi connectivity index (χ1) is 20.4. The molecule has 3 aliphatic rings. The molecule has 4 aromatic carbocycles. The zero-order valence-corrected chi connectivity index (χ0v) is 22.5. The molecule has 8 nitrogen and oxygen atoms in total. The molecule has 2 aliphatic heterocycles. The van der Waals surface area contributed by atoms with Gasteiger partial charge in [-0.3, -0.25) is 24.5 Å². The van der Waals surface area contributed by atoms with Gasteiger partial charge in [-0.1, -0.05) is 78.9 Å². The Morgan fingerprint density at radius 3 is 2.21 bits per heavy atom. The lowest BCUT2D eigenvalue weighted by atomic mass is 9.64. The van der Waals surface area contributed by atoms with E-state index in [0.29, 0.717) is 28.0 Å². The summed E-state index contributed by atoms with van der Waals surface area (Å²) in [7, 11) is 1.52. The number of carbonyl (C=O) groups excluding carboxylic acids is 3. The summed E-state index contributed by atoms with van der Waals surface area (Å²) >= 11 is 0. The number of ether oxygens (including phenoxy) is 1. The maximum atomic E-state index is 14.7. The number of non-ortho nitro benzene ring substituents is 1. The number of Topliss-reactive ketones (excluding diaryl/α,β-unsaturated/α-hetero) is 3. The number of methoxy groups -OCH3 is 1. The van der Waals surface area contributed by atoms with E-state index in [9.17, 15) is 24.5 Å². The molecule has 0 aromatic heterocycles. The summed E-state index contributed by atoms with van der Waals surface area (Å²) in [4.78, 5) is 56.9. The highest BCUT2D eigenvalue weighted by Gasteiger charge is 2.71. The van der Waals surface area contributed by atoms with Gasteiger partial charge < -0.3 is 9.64 Å². The zero-order chi connectivity index (χ0) is 29.2. The smallest absolute Gasteiger partial charge is 0.269 e. The molecular formula is C34H24N2O6. The number of nitro groups is 1. The highest BCUT2D eigenvalue weighted by atomic mass is 16.6. The SMILES string of the molecule is COc1cccc(C(=O)[C@H]2[C@H](c3ccc([N+](=O)[O-])cc3)C3(C(=O)c4ccccc4C3=O)[C@@H]3C=Cc4ccccc4N32)c1. The lowest BCUT2D eigenvalue weighted by molar-refractivity contribution is -0.384. The van der Waals surface area contributed by atoms with Gasteiger partial charge in [0, 0.05) is 40.4 Å². The first-order valence-corrected chi connectivity index (χ1v) is 13.5. The largest absolute Gasteiger partial charge is 0.497 e. The summed E-state index contributed by atoms with van der Waals surface area (Å²) in [5.74, 6) is -1.46. The van der Waals surface area contributed by atoms with E-state index in [1.165, 1.54) is 19.2 Å². The summed E-state index contributed by atoms with van der Waals surface area (Å²) < 4.78 is 5.40. The molecule has 1 aliphatic carbocycles. The third kappa shape index (κ3) is 3.38. The van der Waals surface area contributed by atoms with Crippen molar-refractivity contribution in [3.8, 4) is 5.75 Å². The predicted molar refractivity (Wildman–Crippen MR) is 156 cm³/mol. The third-order valence-electron chi connectivity index (χ3n) is 8.80. The molecule has 42 heavy (non-hydrogen) atoms. The molecule has 0 bridgehead atoms. The van der Waals surface area contributed by atoms with Gasteiger partial charge in [-0.2, -0.15) is 0 Å². The molecule has 0 radical (unpaired) electrons. The number of nitro benzene ring substituents is 1. The van der Waals surface area contributed by atoms with Gasteiger partial charge in [0.05, 0.1) is 18.1 Å². The molecule has 1 saturated heterocycles. The Morgan fingerprint density at radius 2 is 1.55 bits per heavy atom. The van der Waals surface area contributed by atoms with Crippen molar-refractivity contribution < 1.29 is 24.0 Å². The van der Waals surface area contributed by atoms with Crippen molar-refractivity contribution in [1.29, 1.82) is 0 Å². The van der Waals surface area contributed by atoms with Gasteiger partial charge in [-0.25, -0.2) is 0 Å². The Kier molecular flexibility index (Phi) is 5.69. The minimum Gasteiger partial charge on any atom is -0.497 e. The Bertz CT molecular complexity index is 1810. The van der Waals surface area contributed by atoms with Crippen molar-refractivity contribution in [1.82, 2.24) is 0 Å². The molecule has 0 N–H and O–H groups in total.